The number of hydrogen-bond donors (Lipinski definition) is 3. The lowest BCUT2D eigenvalue weighted by Crippen LogP contribution is -2.51. The molecule has 2 saturated heterocycles. The van der Waals surface area contributed by atoms with Gasteiger partial charge in [0.15, 0.2) is 0 Å². The van der Waals surface area contributed by atoms with Crippen LogP contribution in [0.15, 0.2) is 60.7 Å². The number of nitrogens with zero attached hydrogens (tertiary/aromatic N) is 5. The predicted octanol–water partition coefficient (Wildman–Crippen LogP) is 7.07. The largest absolute Gasteiger partial charge is 0.453 e. The Morgan fingerprint density at radius 2 is 1.19 bits per heavy atom. The molecule has 0 spiro atoms. The first-order chi connectivity index (χ1) is 25.9. The number of benzene rings is 3. The Bertz CT molecular complexity index is 2140. The van der Waals surface area contributed by atoms with Gasteiger partial charge in [-0.1, -0.05) is 64.1 Å². The quantitative estimate of drug-likeness (QED) is 0.140. The van der Waals surface area contributed by atoms with E-state index in [1.54, 1.807) is 0 Å². The molecule has 12 heteroatoms. The smallest absolute Gasteiger partial charge is 0.407 e. The number of methoxy groups -OCH3 is 1. The predicted molar refractivity (Wildman–Crippen MR) is 210 cm³/mol. The number of likely N-dealkylation sites (N-methyl/N-ethyl adjacent to an activating group) is 1. The second kappa shape index (κ2) is 15.3. The molecule has 5 aromatic rings. The van der Waals surface area contributed by atoms with Crippen molar-refractivity contribution in [2.75, 3.05) is 34.3 Å². The van der Waals surface area contributed by atoms with Crippen molar-refractivity contribution in [3.8, 4) is 22.3 Å². The molecule has 3 N–H and O–H groups in total. The molecule has 3 aromatic carbocycles. The number of H-pyrrole nitrogens is 2. The molecule has 12 nitrogen and oxygen atoms in total. The molecule has 0 aliphatic carbocycles. The van der Waals surface area contributed by atoms with Gasteiger partial charge >= 0.3 is 6.09 Å². The van der Waals surface area contributed by atoms with Gasteiger partial charge in [-0.2, -0.15) is 0 Å². The van der Waals surface area contributed by atoms with Crippen molar-refractivity contribution in [2.45, 2.75) is 77.5 Å². The third-order valence-electron chi connectivity index (χ3n) is 11.1. The highest BCUT2D eigenvalue weighted by atomic mass is 16.5. The Morgan fingerprint density at radius 1 is 0.722 bits per heavy atom. The van der Waals surface area contributed by atoms with E-state index in [9.17, 15) is 14.4 Å². The molecule has 0 radical (unpaired) electrons. The summed E-state index contributed by atoms with van der Waals surface area (Å²) in [5.74, 6) is 1.77. The lowest BCUT2D eigenvalue weighted by atomic mass is 10.00. The van der Waals surface area contributed by atoms with Crippen LogP contribution in [0.3, 0.4) is 0 Å². The molecule has 4 heterocycles. The lowest BCUT2D eigenvalue weighted by molar-refractivity contribution is -0.138. The Morgan fingerprint density at radius 3 is 1.61 bits per heavy atom. The minimum absolute atomic E-state index is 0.0519. The third-order valence-corrected chi connectivity index (χ3v) is 11.1. The number of fused-ring (bicyclic) bond motifs is 2. The first kappa shape index (κ1) is 37.1. The Balaban J connectivity index is 1.07. The first-order valence-electron chi connectivity index (χ1n) is 19.2. The molecule has 284 valence electrons. The van der Waals surface area contributed by atoms with Gasteiger partial charge in [0.05, 0.1) is 47.3 Å². The van der Waals surface area contributed by atoms with E-state index in [-0.39, 0.29) is 41.8 Å². The van der Waals surface area contributed by atoms with E-state index in [0.29, 0.717) is 6.54 Å². The van der Waals surface area contributed by atoms with Crippen LogP contribution in [-0.4, -0.2) is 98.9 Å². The summed E-state index contributed by atoms with van der Waals surface area (Å²) in [5.41, 5.74) is 7.88. The van der Waals surface area contributed by atoms with Crippen molar-refractivity contribution in [1.29, 1.82) is 0 Å². The molecule has 0 bridgehead atoms. The fourth-order valence-electron chi connectivity index (χ4n) is 8.36. The molecule has 3 amide bonds. The number of carbonyl (C=O) groups excluding carboxylic acids is 3. The fraction of sp³-hybridized carbons (Fsp3) is 0.452. The summed E-state index contributed by atoms with van der Waals surface area (Å²) in [6.07, 6.45) is 2.91. The van der Waals surface area contributed by atoms with Crippen molar-refractivity contribution >= 4 is 40.0 Å². The molecule has 7 rings (SSSR count). The van der Waals surface area contributed by atoms with Crippen LogP contribution in [-0.2, 0) is 14.3 Å². The zero-order valence-corrected chi connectivity index (χ0v) is 32.3. The lowest BCUT2D eigenvalue weighted by Gasteiger charge is -2.33. The van der Waals surface area contributed by atoms with Gasteiger partial charge in [0, 0.05) is 13.1 Å². The minimum atomic E-state index is -0.679. The van der Waals surface area contributed by atoms with Crippen LogP contribution in [0.5, 0.6) is 0 Å². The van der Waals surface area contributed by atoms with Crippen LogP contribution in [0.4, 0.5) is 4.79 Å². The summed E-state index contributed by atoms with van der Waals surface area (Å²) in [5, 5.41) is 2.71. The number of likely N-dealkylation sites (tertiary alicyclic amines) is 2. The number of imidazole rings is 2. The van der Waals surface area contributed by atoms with E-state index in [4.69, 9.17) is 14.7 Å². The highest BCUT2D eigenvalue weighted by molar-refractivity contribution is 5.88. The number of aromatic amines is 2. The van der Waals surface area contributed by atoms with E-state index in [2.05, 4.69) is 83.7 Å². The number of aromatic nitrogens is 4. The summed E-state index contributed by atoms with van der Waals surface area (Å²) in [6, 6.07) is 19.9. The number of hydrogen-bond acceptors (Lipinski definition) is 7. The van der Waals surface area contributed by atoms with E-state index in [1.807, 2.05) is 48.7 Å². The van der Waals surface area contributed by atoms with Crippen LogP contribution < -0.4 is 5.32 Å². The van der Waals surface area contributed by atoms with Gasteiger partial charge in [-0.15, -0.1) is 0 Å². The number of carbonyl (C=O) groups is 3. The molecular weight excluding hydrogens is 681 g/mol. The average molecular weight is 733 g/mol. The highest BCUT2D eigenvalue weighted by Gasteiger charge is 2.39. The molecule has 0 unspecified atom stereocenters. The zero-order chi connectivity index (χ0) is 38.3. The molecule has 54 heavy (non-hydrogen) atoms. The number of nitrogens with one attached hydrogen (secondary N) is 3. The average Bonchev–Trinajstić information content (AvgIpc) is 3.97. The maximum atomic E-state index is 13.6. The van der Waals surface area contributed by atoms with Crippen molar-refractivity contribution in [3.05, 3.63) is 72.3 Å². The summed E-state index contributed by atoms with van der Waals surface area (Å²) in [6.45, 7) is 9.39. The van der Waals surface area contributed by atoms with Gasteiger partial charge in [0.1, 0.15) is 17.7 Å². The topological polar surface area (TPSA) is 140 Å². The number of alkyl carbamates (subject to hydrolysis) is 1. The fourth-order valence-corrected chi connectivity index (χ4v) is 8.36. The maximum Gasteiger partial charge on any atom is 0.407 e. The molecule has 2 aromatic heterocycles. The van der Waals surface area contributed by atoms with Gasteiger partial charge in [0.2, 0.25) is 11.8 Å². The number of amides is 3. The van der Waals surface area contributed by atoms with Crippen LogP contribution in [0.2, 0.25) is 0 Å². The number of rotatable bonds is 10. The van der Waals surface area contributed by atoms with E-state index in [1.165, 1.54) is 7.11 Å². The molecule has 0 saturated carbocycles. The van der Waals surface area contributed by atoms with Crippen molar-refractivity contribution < 1.29 is 19.1 Å². The van der Waals surface area contributed by atoms with E-state index in [0.717, 1.165) is 88.2 Å². The van der Waals surface area contributed by atoms with Gasteiger partial charge in [-0.3, -0.25) is 14.5 Å². The van der Waals surface area contributed by atoms with Gasteiger partial charge in [-0.05, 0) is 98.1 Å². The van der Waals surface area contributed by atoms with Crippen molar-refractivity contribution in [3.63, 3.8) is 0 Å². The summed E-state index contributed by atoms with van der Waals surface area (Å²) in [7, 11) is 5.25. The van der Waals surface area contributed by atoms with Crippen LogP contribution >= 0.6 is 0 Å². The molecule has 2 aliphatic rings. The van der Waals surface area contributed by atoms with E-state index < -0.39 is 12.1 Å². The van der Waals surface area contributed by atoms with Crippen molar-refractivity contribution in [1.82, 2.24) is 40.0 Å². The zero-order valence-electron chi connectivity index (χ0n) is 32.3. The van der Waals surface area contributed by atoms with Gasteiger partial charge < -0.3 is 29.8 Å². The second-order valence-electron chi connectivity index (χ2n) is 15.7. The molecule has 2 aliphatic heterocycles. The summed E-state index contributed by atoms with van der Waals surface area (Å²) in [4.78, 5) is 62.1. The van der Waals surface area contributed by atoms with Crippen LogP contribution in [0, 0.1) is 11.8 Å². The van der Waals surface area contributed by atoms with Gasteiger partial charge in [-0.25, -0.2) is 14.8 Å². The molecular formula is C42H52N8O4. The summed E-state index contributed by atoms with van der Waals surface area (Å²) < 4.78 is 4.77. The Hall–Kier alpha value is -5.23. The summed E-state index contributed by atoms with van der Waals surface area (Å²) >= 11 is 0. The molecule has 2 fully saturated rings. The maximum absolute atomic E-state index is 13.6. The van der Waals surface area contributed by atoms with Gasteiger partial charge in [0.25, 0.3) is 0 Å². The standard InChI is InChI=1S/C42H52N8O4/c1-24(2)36(47-42(53)54-7)40(51)49-20-8-10-34(49)38-43-30-18-16-28(22-32(30)45-38)26-12-14-27(15-13-26)29-17-19-31-33(23-29)46-39(44-31)35-11-9-21-50(35)41(52)37(25(3)4)48(5)6/h12-19,22-25,34-37H,8-11,20-21H2,1-7H3,(H,43,45)(H,44,46)(H,47,53)/t34-,35-,36-,37-/m0/s1. The third kappa shape index (κ3) is 7.19. The van der Waals surface area contributed by atoms with E-state index >= 15 is 0 Å². The first-order valence-corrected chi connectivity index (χ1v) is 19.2. The monoisotopic (exact) mass is 732 g/mol. The van der Waals surface area contributed by atoms with Crippen molar-refractivity contribution in [2.24, 2.45) is 11.8 Å². The Kier molecular flexibility index (Phi) is 10.5. The van der Waals surface area contributed by atoms with Crippen LogP contribution in [0.25, 0.3) is 44.3 Å². The minimum Gasteiger partial charge on any atom is -0.453 e. The Labute approximate surface area is 316 Å². The molecule has 4 atom stereocenters. The SMILES string of the molecule is COC(=O)N[C@H](C(=O)N1CCC[C@H]1c1nc2cc(-c3ccc(-c4ccc5[nH]c([C@@H]6CCCN6C(=O)[C@H](C(C)C)N(C)C)nc5c4)cc3)ccc2[nH]1)C(C)C. The highest BCUT2D eigenvalue weighted by Crippen LogP contribution is 2.36. The van der Waals surface area contributed by atoms with Crippen LogP contribution in [0.1, 0.15) is 77.1 Å². The number of ether oxygens (including phenoxy) is 1. The second-order valence-corrected chi connectivity index (χ2v) is 15.7. The normalized spacial score (nSPS) is 18.7.